The lowest BCUT2D eigenvalue weighted by atomic mass is 9.97. The quantitative estimate of drug-likeness (QED) is 0.624. The SMILES string of the molecule is CCc1nc(N)ccc1C#Cc1c(-c2ccc(C(=O)N3CCOCC3)c(F)c2)ccnc1C. The van der Waals surface area contributed by atoms with E-state index in [4.69, 9.17) is 10.5 Å². The number of rotatable bonds is 3. The van der Waals surface area contributed by atoms with Crippen LogP contribution in [0.3, 0.4) is 0 Å². The van der Waals surface area contributed by atoms with E-state index in [2.05, 4.69) is 21.8 Å². The molecule has 3 aromatic rings. The minimum Gasteiger partial charge on any atom is -0.384 e. The summed E-state index contributed by atoms with van der Waals surface area (Å²) in [6.45, 7) is 5.71. The Bertz CT molecular complexity index is 1260. The number of morpholine rings is 1. The van der Waals surface area contributed by atoms with Gasteiger partial charge in [0.2, 0.25) is 0 Å². The molecule has 3 heterocycles. The van der Waals surface area contributed by atoms with Crippen LogP contribution in [0.5, 0.6) is 0 Å². The topological polar surface area (TPSA) is 81.3 Å². The van der Waals surface area contributed by atoms with Crippen molar-refractivity contribution in [2.75, 3.05) is 32.0 Å². The Morgan fingerprint density at radius 1 is 1.18 bits per heavy atom. The maximum atomic E-state index is 15.0. The molecule has 2 N–H and O–H groups in total. The molecule has 1 saturated heterocycles. The Morgan fingerprint density at radius 3 is 2.70 bits per heavy atom. The largest absolute Gasteiger partial charge is 0.384 e. The summed E-state index contributed by atoms with van der Waals surface area (Å²) in [6, 6.07) is 10.0. The normalized spacial score (nSPS) is 13.4. The maximum Gasteiger partial charge on any atom is 0.256 e. The zero-order chi connectivity index (χ0) is 23.4. The van der Waals surface area contributed by atoms with Crippen LogP contribution in [0, 0.1) is 24.6 Å². The highest BCUT2D eigenvalue weighted by Gasteiger charge is 2.22. The van der Waals surface area contributed by atoms with Gasteiger partial charge in [-0.25, -0.2) is 9.37 Å². The van der Waals surface area contributed by atoms with Crippen LogP contribution in [0.15, 0.2) is 42.6 Å². The van der Waals surface area contributed by atoms with Gasteiger partial charge in [0, 0.05) is 30.4 Å². The summed E-state index contributed by atoms with van der Waals surface area (Å²) < 4.78 is 20.3. The summed E-state index contributed by atoms with van der Waals surface area (Å²) in [7, 11) is 0. The van der Waals surface area contributed by atoms with Gasteiger partial charge in [-0.1, -0.05) is 24.8 Å². The average Bonchev–Trinajstić information content (AvgIpc) is 2.83. The molecule has 1 fully saturated rings. The van der Waals surface area contributed by atoms with Crippen LogP contribution in [0.1, 0.15) is 39.8 Å². The minimum absolute atomic E-state index is 0.0552. The number of carbonyl (C=O) groups excluding carboxylic acids is 1. The minimum atomic E-state index is -0.562. The molecule has 0 saturated carbocycles. The number of pyridine rings is 2. The summed E-state index contributed by atoms with van der Waals surface area (Å²) in [5, 5.41) is 0. The average molecular weight is 445 g/mol. The van der Waals surface area contributed by atoms with Crippen LogP contribution >= 0.6 is 0 Å². The highest BCUT2D eigenvalue weighted by Crippen LogP contribution is 2.27. The van der Waals surface area contributed by atoms with Crippen LogP contribution in [0.25, 0.3) is 11.1 Å². The van der Waals surface area contributed by atoms with Crippen LogP contribution < -0.4 is 5.73 Å². The number of aryl methyl sites for hydroxylation is 2. The van der Waals surface area contributed by atoms with Crippen molar-refractivity contribution < 1.29 is 13.9 Å². The van der Waals surface area contributed by atoms with Crippen molar-refractivity contribution in [2.24, 2.45) is 0 Å². The third-order valence-corrected chi connectivity index (χ3v) is 5.60. The lowest BCUT2D eigenvalue weighted by Gasteiger charge is -2.27. The molecule has 6 nitrogen and oxygen atoms in total. The molecule has 0 bridgehead atoms. The van der Waals surface area contributed by atoms with E-state index < -0.39 is 5.82 Å². The van der Waals surface area contributed by atoms with Crippen molar-refractivity contribution in [1.82, 2.24) is 14.9 Å². The van der Waals surface area contributed by atoms with Crippen molar-refractivity contribution in [3.63, 3.8) is 0 Å². The molecule has 168 valence electrons. The van der Waals surface area contributed by atoms with Crippen LogP contribution in [-0.4, -0.2) is 47.1 Å². The second-order valence-electron chi connectivity index (χ2n) is 7.75. The van der Waals surface area contributed by atoms with Gasteiger partial charge in [0.1, 0.15) is 11.6 Å². The van der Waals surface area contributed by atoms with Crippen LogP contribution in [0.4, 0.5) is 10.2 Å². The second kappa shape index (κ2) is 9.80. The summed E-state index contributed by atoms with van der Waals surface area (Å²) in [6.07, 6.45) is 2.38. The monoisotopic (exact) mass is 444 g/mol. The first-order chi connectivity index (χ1) is 16.0. The fraction of sp³-hybridized carbons (Fsp3) is 0.269. The number of benzene rings is 1. The van der Waals surface area contributed by atoms with Gasteiger partial charge >= 0.3 is 0 Å². The summed E-state index contributed by atoms with van der Waals surface area (Å²) in [5.74, 6) is 5.94. The molecule has 2 aromatic heterocycles. The molecular weight excluding hydrogens is 419 g/mol. The maximum absolute atomic E-state index is 15.0. The number of anilines is 1. The number of halogens is 1. The molecule has 1 aliphatic heterocycles. The van der Waals surface area contributed by atoms with E-state index in [1.54, 1.807) is 29.3 Å². The number of aromatic nitrogens is 2. The van der Waals surface area contributed by atoms with Gasteiger partial charge < -0.3 is 15.4 Å². The molecule has 0 atom stereocenters. The molecule has 4 rings (SSSR count). The molecule has 1 aromatic carbocycles. The standard InChI is InChI=1S/C26H25FN4O2/c1-3-24-18(6-9-25(28)30-24)4-7-20-17(2)29-11-10-21(20)19-5-8-22(23(27)16-19)26(32)31-12-14-33-15-13-31/h5-6,8-11,16H,3,12-15H2,1-2H3,(H2,28,30). The molecule has 1 aliphatic rings. The summed E-state index contributed by atoms with van der Waals surface area (Å²) >= 11 is 0. The van der Waals surface area contributed by atoms with Crippen molar-refractivity contribution >= 4 is 11.7 Å². The first-order valence-corrected chi connectivity index (χ1v) is 10.9. The number of hydrogen-bond acceptors (Lipinski definition) is 5. The number of nitrogens with two attached hydrogens (primary N) is 1. The second-order valence-corrected chi connectivity index (χ2v) is 7.75. The molecule has 0 aliphatic carbocycles. The molecule has 0 spiro atoms. The van der Waals surface area contributed by atoms with Gasteiger partial charge in [0.25, 0.3) is 5.91 Å². The first kappa shape index (κ1) is 22.4. The van der Waals surface area contributed by atoms with Gasteiger partial charge in [-0.15, -0.1) is 0 Å². The van der Waals surface area contributed by atoms with Gasteiger partial charge in [-0.2, -0.15) is 0 Å². The number of ether oxygens (including phenoxy) is 1. The fourth-order valence-corrected chi connectivity index (χ4v) is 3.79. The smallest absolute Gasteiger partial charge is 0.256 e. The number of hydrogen-bond donors (Lipinski definition) is 1. The van der Waals surface area contributed by atoms with E-state index in [0.29, 0.717) is 49.7 Å². The lowest BCUT2D eigenvalue weighted by molar-refractivity contribution is 0.0300. The van der Waals surface area contributed by atoms with Crippen molar-refractivity contribution in [3.05, 3.63) is 76.5 Å². The molecule has 33 heavy (non-hydrogen) atoms. The van der Waals surface area contributed by atoms with Crippen LogP contribution in [0.2, 0.25) is 0 Å². The van der Waals surface area contributed by atoms with Crippen molar-refractivity contribution in [3.8, 4) is 23.0 Å². The number of carbonyl (C=O) groups is 1. The van der Waals surface area contributed by atoms with E-state index >= 15 is 4.39 Å². The third-order valence-electron chi connectivity index (χ3n) is 5.60. The highest BCUT2D eigenvalue weighted by atomic mass is 19.1. The molecular formula is C26H25FN4O2. The predicted octanol–water partition coefficient (Wildman–Crippen LogP) is 3.61. The molecule has 7 heteroatoms. The first-order valence-electron chi connectivity index (χ1n) is 10.9. The van der Waals surface area contributed by atoms with Gasteiger partial charge in [0.05, 0.1) is 35.7 Å². The Kier molecular flexibility index (Phi) is 6.66. The number of amides is 1. The predicted molar refractivity (Wildman–Crippen MR) is 125 cm³/mol. The zero-order valence-electron chi connectivity index (χ0n) is 18.7. The molecule has 0 radical (unpaired) electrons. The zero-order valence-corrected chi connectivity index (χ0v) is 18.7. The number of nitrogen functional groups attached to an aromatic ring is 1. The van der Waals surface area contributed by atoms with E-state index in [1.165, 1.54) is 12.1 Å². The lowest BCUT2D eigenvalue weighted by Crippen LogP contribution is -2.41. The number of nitrogens with zero attached hydrogens (tertiary/aromatic N) is 3. The third kappa shape index (κ3) is 4.86. The summed E-state index contributed by atoms with van der Waals surface area (Å²) in [4.78, 5) is 23.0. The van der Waals surface area contributed by atoms with Gasteiger partial charge in [0.15, 0.2) is 0 Å². The Balaban J connectivity index is 1.70. The Morgan fingerprint density at radius 2 is 1.97 bits per heavy atom. The van der Waals surface area contributed by atoms with Crippen molar-refractivity contribution in [2.45, 2.75) is 20.3 Å². The van der Waals surface area contributed by atoms with Gasteiger partial charge in [-0.3, -0.25) is 9.78 Å². The summed E-state index contributed by atoms with van der Waals surface area (Å²) in [5.41, 5.74) is 10.3. The van der Waals surface area contributed by atoms with E-state index in [-0.39, 0.29) is 11.5 Å². The molecule has 0 unspecified atom stereocenters. The Labute approximate surface area is 192 Å². The van der Waals surface area contributed by atoms with E-state index in [1.807, 2.05) is 19.9 Å². The van der Waals surface area contributed by atoms with Crippen molar-refractivity contribution in [1.29, 1.82) is 0 Å². The van der Waals surface area contributed by atoms with Crippen LogP contribution in [-0.2, 0) is 11.2 Å². The molecule has 1 amide bonds. The van der Waals surface area contributed by atoms with E-state index in [9.17, 15) is 4.79 Å². The highest BCUT2D eigenvalue weighted by molar-refractivity contribution is 5.95. The van der Waals surface area contributed by atoms with Gasteiger partial charge in [-0.05, 0) is 49.2 Å². The van der Waals surface area contributed by atoms with E-state index in [0.717, 1.165) is 22.5 Å². The Hall–Kier alpha value is -3.76. The fourth-order valence-electron chi connectivity index (χ4n) is 3.79.